The second-order valence-electron chi connectivity index (χ2n) is 5.28. The van der Waals surface area contributed by atoms with Gasteiger partial charge in [0.25, 0.3) is 0 Å². The molecule has 0 saturated heterocycles. The quantitative estimate of drug-likeness (QED) is 0.659. The smallest absolute Gasteiger partial charge is 0.364 e. The van der Waals surface area contributed by atoms with Crippen LogP contribution in [0.4, 0.5) is 35.0 Å². The van der Waals surface area contributed by atoms with Gasteiger partial charge in [-0.25, -0.2) is 4.39 Å². The number of rotatable bonds is 5. The second kappa shape index (κ2) is 7.34. The van der Waals surface area contributed by atoms with Gasteiger partial charge in [0.05, 0.1) is 17.4 Å². The average Bonchev–Trinajstić information content (AvgIpc) is 2.61. The molecular formula is C17H13F4N5. The number of nitrogens with one attached hydrogen (secondary N) is 2. The number of aromatic nitrogens is 3. The molecule has 0 atom stereocenters. The Kier molecular flexibility index (Phi) is 4.97. The molecule has 0 radical (unpaired) electrons. The first-order chi connectivity index (χ1) is 12.4. The van der Waals surface area contributed by atoms with E-state index >= 15 is 0 Å². The van der Waals surface area contributed by atoms with E-state index in [2.05, 4.69) is 25.8 Å². The standard InChI is InChI=1S/C17H13F4N5/c18-13-7-3-1-5-11(13)9-22-15-10-23-26-16(25-15)24-14-8-4-2-6-12(14)17(19,20)21/h1-8,10H,9H2,(H2,22,24,25,26). The first kappa shape index (κ1) is 17.6. The van der Waals surface area contributed by atoms with Gasteiger partial charge in [-0.2, -0.15) is 23.3 Å². The topological polar surface area (TPSA) is 62.7 Å². The van der Waals surface area contributed by atoms with Crippen LogP contribution in [-0.2, 0) is 12.7 Å². The molecule has 0 aliphatic carbocycles. The molecule has 0 saturated carbocycles. The summed E-state index contributed by atoms with van der Waals surface area (Å²) in [6.07, 6.45) is -3.22. The fourth-order valence-electron chi connectivity index (χ4n) is 2.23. The first-order valence-electron chi connectivity index (χ1n) is 7.54. The van der Waals surface area contributed by atoms with Crippen LogP contribution in [0, 0.1) is 5.82 Å². The highest BCUT2D eigenvalue weighted by atomic mass is 19.4. The average molecular weight is 363 g/mol. The molecule has 9 heteroatoms. The molecule has 0 unspecified atom stereocenters. The summed E-state index contributed by atoms with van der Waals surface area (Å²) in [5, 5.41) is 12.7. The minimum Gasteiger partial charge on any atom is -0.364 e. The molecule has 1 heterocycles. The highest BCUT2D eigenvalue weighted by molar-refractivity contribution is 5.59. The van der Waals surface area contributed by atoms with Crippen molar-refractivity contribution in [3.63, 3.8) is 0 Å². The molecule has 2 N–H and O–H groups in total. The molecule has 0 fully saturated rings. The van der Waals surface area contributed by atoms with Crippen molar-refractivity contribution in [2.45, 2.75) is 12.7 Å². The summed E-state index contributed by atoms with van der Waals surface area (Å²) in [5.74, 6) is -0.241. The van der Waals surface area contributed by atoms with Gasteiger partial charge in [-0.15, -0.1) is 5.10 Å². The van der Waals surface area contributed by atoms with Crippen LogP contribution in [0.3, 0.4) is 0 Å². The minimum absolute atomic E-state index is 0.111. The molecule has 0 bridgehead atoms. The molecule has 26 heavy (non-hydrogen) atoms. The van der Waals surface area contributed by atoms with Gasteiger partial charge in [0.1, 0.15) is 5.82 Å². The van der Waals surface area contributed by atoms with E-state index in [0.29, 0.717) is 5.56 Å². The van der Waals surface area contributed by atoms with Gasteiger partial charge < -0.3 is 10.6 Å². The Balaban J connectivity index is 1.75. The first-order valence-corrected chi connectivity index (χ1v) is 7.54. The molecular weight excluding hydrogens is 350 g/mol. The van der Waals surface area contributed by atoms with Crippen LogP contribution >= 0.6 is 0 Å². The number of benzene rings is 2. The van der Waals surface area contributed by atoms with E-state index in [9.17, 15) is 17.6 Å². The van der Waals surface area contributed by atoms with Crippen molar-refractivity contribution in [2.24, 2.45) is 0 Å². The minimum atomic E-state index is -4.52. The van der Waals surface area contributed by atoms with Gasteiger partial charge in [-0.05, 0) is 18.2 Å². The number of anilines is 3. The van der Waals surface area contributed by atoms with Crippen molar-refractivity contribution in [2.75, 3.05) is 10.6 Å². The maximum atomic E-state index is 13.6. The van der Waals surface area contributed by atoms with Crippen LogP contribution < -0.4 is 10.6 Å². The zero-order chi connectivity index (χ0) is 18.6. The van der Waals surface area contributed by atoms with Crippen molar-refractivity contribution in [3.05, 3.63) is 71.7 Å². The Bertz CT molecular complexity index is 898. The van der Waals surface area contributed by atoms with Crippen molar-refractivity contribution in [1.29, 1.82) is 0 Å². The monoisotopic (exact) mass is 363 g/mol. The van der Waals surface area contributed by atoms with E-state index in [1.165, 1.54) is 30.5 Å². The predicted molar refractivity (Wildman–Crippen MR) is 88.3 cm³/mol. The Morgan fingerprint density at radius 1 is 0.962 bits per heavy atom. The van der Waals surface area contributed by atoms with Crippen LogP contribution in [-0.4, -0.2) is 15.2 Å². The summed E-state index contributed by atoms with van der Waals surface area (Å²) < 4.78 is 52.7. The van der Waals surface area contributed by atoms with Gasteiger partial charge in [0, 0.05) is 12.1 Å². The van der Waals surface area contributed by atoms with Gasteiger partial charge in [-0.3, -0.25) is 0 Å². The summed E-state index contributed by atoms with van der Waals surface area (Å²) in [6, 6.07) is 11.2. The van der Waals surface area contributed by atoms with Crippen molar-refractivity contribution >= 4 is 17.5 Å². The van der Waals surface area contributed by atoms with Gasteiger partial charge >= 0.3 is 6.18 Å². The zero-order valence-electron chi connectivity index (χ0n) is 13.3. The molecule has 2 aromatic carbocycles. The zero-order valence-corrected chi connectivity index (χ0v) is 13.3. The third kappa shape index (κ3) is 4.24. The number of para-hydroxylation sites is 1. The molecule has 0 spiro atoms. The number of nitrogens with zero attached hydrogens (tertiary/aromatic N) is 3. The summed E-state index contributed by atoms with van der Waals surface area (Å²) in [7, 11) is 0. The lowest BCUT2D eigenvalue weighted by molar-refractivity contribution is -0.136. The summed E-state index contributed by atoms with van der Waals surface area (Å²) in [5.41, 5.74) is -0.607. The van der Waals surface area contributed by atoms with Crippen molar-refractivity contribution in [1.82, 2.24) is 15.2 Å². The molecule has 0 aliphatic rings. The van der Waals surface area contributed by atoms with Crippen molar-refractivity contribution in [3.8, 4) is 0 Å². The number of hydrogen-bond donors (Lipinski definition) is 2. The third-order valence-electron chi connectivity index (χ3n) is 3.46. The lowest BCUT2D eigenvalue weighted by atomic mass is 10.1. The van der Waals surface area contributed by atoms with E-state index in [4.69, 9.17) is 0 Å². The molecule has 1 aromatic heterocycles. The van der Waals surface area contributed by atoms with Crippen LogP contribution in [0.1, 0.15) is 11.1 Å². The molecule has 134 valence electrons. The lowest BCUT2D eigenvalue weighted by Crippen LogP contribution is -2.11. The van der Waals surface area contributed by atoms with E-state index in [-0.39, 0.29) is 29.8 Å². The predicted octanol–water partition coefficient (Wildman–Crippen LogP) is 4.39. The Hall–Kier alpha value is -3.23. The van der Waals surface area contributed by atoms with Gasteiger partial charge in [0.2, 0.25) is 5.95 Å². The highest BCUT2D eigenvalue weighted by Crippen LogP contribution is 2.35. The Morgan fingerprint density at radius 3 is 2.46 bits per heavy atom. The summed E-state index contributed by atoms with van der Waals surface area (Å²) in [6.45, 7) is 0.143. The Morgan fingerprint density at radius 2 is 1.69 bits per heavy atom. The normalized spacial score (nSPS) is 11.2. The molecule has 3 rings (SSSR count). The second-order valence-corrected chi connectivity index (χ2v) is 5.28. The molecule has 0 amide bonds. The summed E-state index contributed by atoms with van der Waals surface area (Å²) >= 11 is 0. The number of hydrogen-bond acceptors (Lipinski definition) is 5. The number of alkyl halides is 3. The maximum Gasteiger partial charge on any atom is 0.418 e. The highest BCUT2D eigenvalue weighted by Gasteiger charge is 2.33. The van der Waals surface area contributed by atoms with E-state index in [1.807, 2.05) is 0 Å². The SMILES string of the molecule is Fc1ccccc1CNc1cnnc(Nc2ccccc2C(F)(F)F)n1. The molecule has 5 nitrogen and oxygen atoms in total. The van der Waals surface area contributed by atoms with E-state index in [0.717, 1.165) is 6.07 Å². The van der Waals surface area contributed by atoms with Gasteiger partial charge in [0.15, 0.2) is 5.82 Å². The van der Waals surface area contributed by atoms with Crippen LogP contribution in [0.5, 0.6) is 0 Å². The third-order valence-corrected chi connectivity index (χ3v) is 3.46. The van der Waals surface area contributed by atoms with Crippen LogP contribution in [0.25, 0.3) is 0 Å². The van der Waals surface area contributed by atoms with Crippen LogP contribution in [0.2, 0.25) is 0 Å². The van der Waals surface area contributed by atoms with Crippen LogP contribution in [0.15, 0.2) is 54.7 Å². The molecule has 3 aromatic rings. The fraction of sp³-hybridized carbons (Fsp3) is 0.118. The van der Waals surface area contributed by atoms with E-state index < -0.39 is 11.7 Å². The summed E-state index contributed by atoms with van der Waals surface area (Å²) in [4.78, 5) is 4.05. The van der Waals surface area contributed by atoms with E-state index in [1.54, 1.807) is 18.2 Å². The molecule has 0 aliphatic heterocycles. The van der Waals surface area contributed by atoms with Crippen molar-refractivity contribution < 1.29 is 17.6 Å². The maximum absolute atomic E-state index is 13.6. The lowest BCUT2D eigenvalue weighted by Gasteiger charge is -2.13. The Labute approximate surface area is 146 Å². The number of halogens is 4. The largest absolute Gasteiger partial charge is 0.418 e. The fourth-order valence-corrected chi connectivity index (χ4v) is 2.23. The van der Waals surface area contributed by atoms with Gasteiger partial charge in [-0.1, -0.05) is 30.3 Å².